The zero-order chi connectivity index (χ0) is 28.1. The van der Waals surface area contributed by atoms with Crippen LogP contribution in [0.3, 0.4) is 0 Å². The van der Waals surface area contributed by atoms with Crippen molar-refractivity contribution in [3.63, 3.8) is 0 Å². The number of ketones is 1. The number of amides is 1. The van der Waals surface area contributed by atoms with Crippen LogP contribution in [-0.4, -0.2) is 29.8 Å². The predicted octanol–water partition coefficient (Wildman–Crippen LogP) is 6.28. The Labute approximate surface area is 230 Å². The van der Waals surface area contributed by atoms with E-state index in [4.69, 9.17) is 17.0 Å². The Bertz CT molecular complexity index is 1120. The van der Waals surface area contributed by atoms with Crippen LogP contribution in [0.4, 0.5) is 0 Å². The summed E-state index contributed by atoms with van der Waals surface area (Å²) in [5.74, 6) is 0.937. The van der Waals surface area contributed by atoms with E-state index in [1.54, 1.807) is 7.05 Å². The molecule has 5 rings (SSSR count). The molecule has 5 heteroatoms. The molecule has 1 amide bonds. The van der Waals surface area contributed by atoms with Crippen molar-refractivity contribution in [1.29, 1.82) is 0 Å². The van der Waals surface area contributed by atoms with Crippen molar-refractivity contribution in [3.8, 4) is 12.5 Å². The molecule has 0 saturated heterocycles. The van der Waals surface area contributed by atoms with Crippen molar-refractivity contribution in [2.75, 3.05) is 7.05 Å². The number of hydrogen-bond donors (Lipinski definition) is 1. The third-order valence-electron chi connectivity index (χ3n) is 13.7. The molecule has 0 aromatic rings. The topological polar surface area (TPSA) is 72.6 Å². The largest absolute Gasteiger partial charge is 0.327 e. The standard InChI is InChI=1S/C33H50N2O3/c1-10-38-35(9)27(37)30(5)16-15-29(4)17-18-32(7)21(22(29)20-30)19-23(36)26-31(6)13-12-25(34)28(2,3)24(31)11-14-33(26,32)8/h1,19,22,24-26H,11-18,20,34H2,2-9H3/t22-,24?,25-,26+,29+,30-,31-,32+,33+/m0/s1. The van der Waals surface area contributed by atoms with Crippen LogP contribution in [0.25, 0.3) is 0 Å². The number of nitrogens with two attached hydrogens (primary N) is 1. The van der Waals surface area contributed by atoms with Gasteiger partial charge in [0.15, 0.2) is 5.78 Å². The van der Waals surface area contributed by atoms with Gasteiger partial charge in [-0.15, -0.1) is 0 Å². The molecule has 0 spiro atoms. The molecule has 0 heterocycles. The molecule has 5 aliphatic rings. The summed E-state index contributed by atoms with van der Waals surface area (Å²) >= 11 is 0. The zero-order valence-electron chi connectivity index (χ0n) is 25.1. The van der Waals surface area contributed by atoms with Gasteiger partial charge in [0, 0.05) is 19.0 Å². The van der Waals surface area contributed by atoms with E-state index in [0.29, 0.717) is 11.7 Å². The van der Waals surface area contributed by atoms with Crippen LogP contribution < -0.4 is 5.73 Å². The van der Waals surface area contributed by atoms with Crippen molar-refractivity contribution >= 4 is 11.7 Å². The van der Waals surface area contributed by atoms with Crippen molar-refractivity contribution < 1.29 is 14.4 Å². The van der Waals surface area contributed by atoms with Crippen LogP contribution in [0.1, 0.15) is 106 Å². The van der Waals surface area contributed by atoms with E-state index < -0.39 is 5.41 Å². The Balaban J connectivity index is 1.57. The molecule has 0 aromatic carbocycles. The molecule has 1 unspecified atom stereocenters. The van der Waals surface area contributed by atoms with Crippen LogP contribution in [-0.2, 0) is 14.4 Å². The van der Waals surface area contributed by atoms with Gasteiger partial charge in [0.2, 0.25) is 0 Å². The van der Waals surface area contributed by atoms with E-state index in [1.807, 2.05) is 0 Å². The monoisotopic (exact) mass is 522 g/mol. The Hall–Kier alpha value is -1.80. The molecule has 0 radical (unpaired) electrons. The first-order valence-corrected chi connectivity index (χ1v) is 14.9. The highest BCUT2D eigenvalue weighted by molar-refractivity contribution is 5.95. The number of carbonyl (C=O) groups excluding carboxylic acids is 2. The highest BCUT2D eigenvalue weighted by Crippen LogP contribution is 2.75. The lowest BCUT2D eigenvalue weighted by Crippen LogP contribution is -2.67. The molecule has 0 aliphatic heterocycles. The average molecular weight is 523 g/mol. The molecule has 4 saturated carbocycles. The number of carbonyl (C=O) groups is 2. The maximum absolute atomic E-state index is 14.4. The van der Waals surface area contributed by atoms with Gasteiger partial charge in [-0.1, -0.05) is 60.5 Å². The van der Waals surface area contributed by atoms with Crippen LogP contribution in [0.5, 0.6) is 0 Å². The second kappa shape index (κ2) is 8.35. The molecule has 0 aromatic heterocycles. The summed E-state index contributed by atoms with van der Waals surface area (Å²) in [6.45, 7) is 16.5. The summed E-state index contributed by atoms with van der Waals surface area (Å²) in [7, 11) is 1.61. The highest BCUT2D eigenvalue weighted by Gasteiger charge is 2.70. The van der Waals surface area contributed by atoms with Gasteiger partial charge in [-0.2, -0.15) is 5.06 Å². The molecule has 9 atom stereocenters. The van der Waals surface area contributed by atoms with Crippen LogP contribution in [0, 0.1) is 62.8 Å². The fourth-order valence-corrected chi connectivity index (χ4v) is 10.9. The Morgan fingerprint density at radius 1 is 1.03 bits per heavy atom. The van der Waals surface area contributed by atoms with Crippen LogP contribution >= 0.6 is 0 Å². The molecule has 5 aliphatic carbocycles. The number of allylic oxidation sites excluding steroid dienone is 2. The van der Waals surface area contributed by atoms with Crippen molar-refractivity contribution in [3.05, 3.63) is 11.6 Å². The van der Waals surface area contributed by atoms with E-state index in [1.165, 1.54) is 10.6 Å². The number of rotatable bonds is 2. The summed E-state index contributed by atoms with van der Waals surface area (Å²) < 4.78 is 0. The fourth-order valence-electron chi connectivity index (χ4n) is 10.9. The lowest BCUT2D eigenvalue weighted by molar-refractivity contribution is -0.189. The Morgan fingerprint density at radius 3 is 2.34 bits per heavy atom. The smallest absolute Gasteiger partial charge is 0.261 e. The van der Waals surface area contributed by atoms with Gasteiger partial charge in [-0.3, -0.25) is 9.59 Å². The molecule has 210 valence electrons. The average Bonchev–Trinajstić information content (AvgIpc) is 2.84. The van der Waals surface area contributed by atoms with Gasteiger partial charge < -0.3 is 10.6 Å². The van der Waals surface area contributed by atoms with Gasteiger partial charge in [-0.05, 0) is 103 Å². The highest BCUT2D eigenvalue weighted by atomic mass is 16.7. The van der Waals surface area contributed by atoms with E-state index in [-0.39, 0.29) is 50.9 Å². The normalized spacial score (nSPS) is 49.3. The molecule has 38 heavy (non-hydrogen) atoms. The maximum atomic E-state index is 14.4. The van der Waals surface area contributed by atoms with E-state index in [0.717, 1.165) is 57.8 Å². The van der Waals surface area contributed by atoms with Crippen LogP contribution in [0.2, 0.25) is 0 Å². The molecule has 5 nitrogen and oxygen atoms in total. The second-order valence-corrected chi connectivity index (χ2v) is 15.7. The van der Waals surface area contributed by atoms with Gasteiger partial charge in [0.05, 0.1) is 5.41 Å². The fraction of sp³-hybridized carbons (Fsp3) is 0.818. The van der Waals surface area contributed by atoms with Crippen LogP contribution in [0.15, 0.2) is 11.6 Å². The third kappa shape index (κ3) is 3.41. The van der Waals surface area contributed by atoms with Gasteiger partial charge in [-0.25, -0.2) is 0 Å². The minimum atomic E-state index is -0.567. The lowest BCUT2D eigenvalue weighted by Gasteiger charge is -2.70. The summed E-state index contributed by atoms with van der Waals surface area (Å²) in [4.78, 5) is 33.0. The van der Waals surface area contributed by atoms with Gasteiger partial charge in [0.1, 0.15) is 6.11 Å². The lowest BCUT2D eigenvalue weighted by atomic mass is 9.33. The minimum Gasteiger partial charge on any atom is -0.327 e. The number of terminal acetylenes is 1. The minimum absolute atomic E-state index is 0.0189. The van der Waals surface area contributed by atoms with Crippen molar-refractivity contribution in [1.82, 2.24) is 5.06 Å². The Morgan fingerprint density at radius 2 is 1.68 bits per heavy atom. The number of hydrogen-bond acceptors (Lipinski definition) is 4. The second-order valence-electron chi connectivity index (χ2n) is 15.7. The first-order valence-electron chi connectivity index (χ1n) is 14.9. The van der Waals surface area contributed by atoms with E-state index in [2.05, 4.69) is 60.6 Å². The molecule has 0 bridgehead atoms. The molecule has 2 N–H and O–H groups in total. The molecule has 4 fully saturated rings. The number of hydroxylamine groups is 2. The number of fused-ring (bicyclic) bond motifs is 7. The van der Waals surface area contributed by atoms with Crippen molar-refractivity contribution in [2.45, 2.75) is 112 Å². The maximum Gasteiger partial charge on any atom is 0.261 e. The first-order chi connectivity index (χ1) is 17.5. The SMILES string of the molecule is C#CON(C)C(=O)[C@@]1(C)CC[C@]2(C)CC[C@]3(C)C(=CC(=O)[C@@H]4[C@@]5(C)CC[C@H](N)C(C)(C)C5CC[C@]43C)[C@@H]2C1. The van der Waals surface area contributed by atoms with Gasteiger partial charge >= 0.3 is 0 Å². The zero-order valence-corrected chi connectivity index (χ0v) is 25.1. The third-order valence-corrected chi connectivity index (χ3v) is 13.7. The summed E-state index contributed by atoms with van der Waals surface area (Å²) in [5.41, 5.74) is 7.36. The number of nitrogens with zero attached hydrogens (tertiary/aromatic N) is 1. The predicted molar refractivity (Wildman–Crippen MR) is 150 cm³/mol. The summed E-state index contributed by atoms with van der Waals surface area (Å²) in [6, 6.07) is 0.190. The van der Waals surface area contributed by atoms with Crippen molar-refractivity contribution in [2.24, 2.45) is 56.0 Å². The molecular weight excluding hydrogens is 472 g/mol. The van der Waals surface area contributed by atoms with E-state index >= 15 is 0 Å². The summed E-state index contributed by atoms with van der Waals surface area (Å²) in [6.07, 6.45) is 18.5. The summed E-state index contributed by atoms with van der Waals surface area (Å²) in [5, 5.41) is 1.22. The van der Waals surface area contributed by atoms with Gasteiger partial charge in [0.25, 0.3) is 5.91 Å². The quantitative estimate of drug-likeness (QED) is 0.342. The Kier molecular flexibility index (Phi) is 6.10. The van der Waals surface area contributed by atoms with E-state index in [9.17, 15) is 9.59 Å². The first kappa shape index (κ1) is 27.8. The molecular formula is C33H50N2O3.